The number of hydrogen-bond acceptors (Lipinski definition) is 3. The second kappa shape index (κ2) is 7.61. The van der Waals surface area contributed by atoms with Gasteiger partial charge in [0.1, 0.15) is 0 Å². The van der Waals surface area contributed by atoms with Gasteiger partial charge in [-0.3, -0.25) is 9.80 Å². The van der Waals surface area contributed by atoms with E-state index in [2.05, 4.69) is 35.9 Å². The minimum Gasteiger partial charge on any atom is -0.313 e. The van der Waals surface area contributed by atoms with Crippen LogP contribution in [0, 0.1) is 0 Å². The van der Waals surface area contributed by atoms with E-state index in [-0.39, 0.29) is 0 Å². The first kappa shape index (κ1) is 15.3. The van der Waals surface area contributed by atoms with E-state index < -0.39 is 0 Å². The average molecular weight is 267 g/mol. The Balaban J connectivity index is 1.97. The predicted octanol–water partition coefficient (Wildman–Crippen LogP) is 2.32. The molecule has 0 bridgehead atoms. The molecule has 0 spiro atoms. The maximum absolute atomic E-state index is 3.76. The summed E-state index contributed by atoms with van der Waals surface area (Å²) in [5, 5.41) is 3.76. The van der Waals surface area contributed by atoms with E-state index in [4.69, 9.17) is 0 Å². The Hall–Kier alpha value is -0.120. The van der Waals surface area contributed by atoms with Gasteiger partial charge in [0.25, 0.3) is 0 Å². The lowest BCUT2D eigenvalue weighted by atomic mass is 9.99. The van der Waals surface area contributed by atoms with Gasteiger partial charge in [0, 0.05) is 37.8 Å². The monoisotopic (exact) mass is 267 g/mol. The fraction of sp³-hybridized carbons (Fsp3) is 1.00. The first-order chi connectivity index (χ1) is 9.26. The van der Waals surface area contributed by atoms with Crippen LogP contribution in [-0.4, -0.2) is 60.6 Å². The van der Waals surface area contributed by atoms with Crippen LogP contribution < -0.4 is 5.32 Å². The summed E-state index contributed by atoms with van der Waals surface area (Å²) in [5.74, 6) is 0. The molecule has 1 saturated heterocycles. The quantitative estimate of drug-likeness (QED) is 0.789. The lowest BCUT2D eigenvalue weighted by Crippen LogP contribution is -2.59. The highest BCUT2D eigenvalue weighted by Crippen LogP contribution is 2.24. The highest BCUT2D eigenvalue weighted by Gasteiger charge is 2.32. The molecular weight excluding hydrogens is 234 g/mol. The molecule has 1 saturated carbocycles. The van der Waals surface area contributed by atoms with Gasteiger partial charge in [-0.15, -0.1) is 0 Å². The van der Waals surface area contributed by atoms with E-state index in [1.165, 1.54) is 58.3 Å². The van der Waals surface area contributed by atoms with Crippen molar-refractivity contribution >= 4 is 0 Å². The number of nitrogens with one attached hydrogen (secondary N) is 1. The van der Waals surface area contributed by atoms with Gasteiger partial charge in [-0.1, -0.05) is 33.1 Å². The van der Waals surface area contributed by atoms with Gasteiger partial charge < -0.3 is 5.32 Å². The van der Waals surface area contributed by atoms with Crippen molar-refractivity contribution in [3.05, 3.63) is 0 Å². The SMILES string of the molecule is CCNC1CCCCCC1N1CCN(CC)C(C)C1. The molecule has 1 N–H and O–H groups in total. The predicted molar refractivity (Wildman–Crippen MR) is 82.6 cm³/mol. The Labute approximate surface area is 119 Å². The van der Waals surface area contributed by atoms with Crippen LogP contribution in [0.15, 0.2) is 0 Å². The van der Waals surface area contributed by atoms with Crippen LogP contribution >= 0.6 is 0 Å². The van der Waals surface area contributed by atoms with Crippen molar-refractivity contribution in [2.75, 3.05) is 32.7 Å². The Kier molecular flexibility index (Phi) is 6.11. The maximum atomic E-state index is 3.76. The second-order valence-corrected chi connectivity index (χ2v) is 6.34. The van der Waals surface area contributed by atoms with Gasteiger partial charge in [-0.05, 0) is 32.9 Å². The summed E-state index contributed by atoms with van der Waals surface area (Å²) >= 11 is 0. The van der Waals surface area contributed by atoms with Crippen LogP contribution in [0.2, 0.25) is 0 Å². The zero-order chi connectivity index (χ0) is 13.7. The highest BCUT2D eigenvalue weighted by atomic mass is 15.3. The molecule has 0 amide bonds. The van der Waals surface area contributed by atoms with Crippen molar-refractivity contribution in [3.8, 4) is 0 Å². The van der Waals surface area contributed by atoms with E-state index in [9.17, 15) is 0 Å². The van der Waals surface area contributed by atoms with Gasteiger partial charge in [-0.2, -0.15) is 0 Å². The zero-order valence-corrected chi connectivity index (χ0v) is 13.2. The van der Waals surface area contributed by atoms with Crippen molar-refractivity contribution in [3.63, 3.8) is 0 Å². The molecule has 2 rings (SSSR count). The molecule has 3 nitrogen and oxygen atoms in total. The first-order valence-electron chi connectivity index (χ1n) is 8.47. The van der Waals surface area contributed by atoms with Crippen LogP contribution in [0.3, 0.4) is 0 Å². The second-order valence-electron chi connectivity index (χ2n) is 6.34. The van der Waals surface area contributed by atoms with Crippen molar-refractivity contribution in [2.45, 2.75) is 71.0 Å². The summed E-state index contributed by atoms with van der Waals surface area (Å²) in [7, 11) is 0. The number of nitrogens with zero attached hydrogens (tertiary/aromatic N) is 2. The smallest absolute Gasteiger partial charge is 0.0250 e. The molecule has 0 aromatic carbocycles. The summed E-state index contributed by atoms with van der Waals surface area (Å²) in [6, 6.07) is 2.24. The van der Waals surface area contributed by atoms with Gasteiger partial charge >= 0.3 is 0 Å². The molecule has 1 aliphatic carbocycles. The number of piperazine rings is 1. The van der Waals surface area contributed by atoms with Crippen LogP contribution in [0.4, 0.5) is 0 Å². The molecule has 19 heavy (non-hydrogen) atoms. The molecule has 0 aromatic rings. The topological polar surface area (TPSA) is 18.5 Å². The van der Waals surface area contributed by atoms with E-state index in [0.717, 1.165) is 24.7 Å². The summed E-state index contributed by atoms with van der Waals surface area (Å²) in [4.78, 5) is 5.41. The molecule has 3 unspecified atom stereocenters. The van der Waals surface area contributed by atoms with Crippen molar-refractivity contribution in [1.82, 2.24) is 15.1 Å². The van der Waals surface area contributed by atoms with Crippen molar-refractivity contribution in [1.29, 1.82) is 0 Å². The summed E-state index contributed by atoms with van der Waals surface area (Å²) < 4.78 is 0. The number of rotatable bonds is 4. The van der Waals surface area contributed by atoms with E-state index >= 15 is 0 Å². The Morgan fingerprint density at radius 1 is 1.05 bits per heavy atom. The number of hydrogen-bond donors (Lipinski definition) is 1. The van der Waals surface area contributed by atoms with E-state index in [1.807, 2.05) is 0 Å². The van der Waals surface area contributed by atoms with Crippen molar-refractivity contribution in [2.24, 2.45) is 0 Å². The maximum Gasteiger partial charge on any atom is 0.0250 e. The van der Waals surface area contributed by atoms with Crippen LogP contribution in [0.25, 0.3) is 0 Å². The molecule has 3 heteroatoms. The molecule has 2 fully saturated rings. The average Bonchev–Trinajstić information content (AvgIpc) is 2.64. The van der Waals surface area contributed by atoms with E-state index in [1.54, 1.807) is 0 Å². The lowest BCUT2D eigenvalue weighted by molar-refractivity contribution is 0.0433. The largest absolute Gasteiger partial charge is 0.313 e. The third-order valence-electron chi connectivity index (χ3n) is 5.12. The number of likely N-dealkylation sites (N-methyl/N-ethyl adjacent to an activating group) is 2. The first-order valence-corrected chi connectivity index (χ1v) is 8.47. The summed E-state index contributed by atoms with van der Waals surface area (Å²) in [6.45, 7) is 13.0. The van der Waals surface area contributed by atoms with Gasteiger partial charge in [0.05, 0.1) is 0 Å². The fourth-order valence-electron chi connectivity index (χ4n) is 4.02. The van der Waals surface area contributed by atoms with E-state index in [0.29, 0.717) is 0 Å². The lowest BCUT2D eigenvalue weighted by Gasteiger charge is -2.45. The summed E-state index contributed by atoms with van der Waals surface area (Å²) in [6.07, 6.45) is 7.05. The third kappa shape index (κ3) is 3.93. The molecule has 3 atom stereocenters. The molecule has 1 aliphatic heterocycles. The Bertz CT molecular complexity index is 256. The molecular formula is C16H33N3. The van der Waals surface area contributed by atoms with Gasteiger partial charge in [-0.25, -0.2) is 0 Å². The fourth-order valence-corrected chi connectivity index (χ4v) is 4.02. The zero-order valence-electron chi connectivity index (χ0n) is 13.2. The Morgan fingerprint density at radius 2 is 1.84 bits per heavy atom. The van der Waals surface area contributed by atoms with Gasteiger partial charge in [0.2, 0.25) is 0 Å². The van der Waals surface area contributed by atoms with Crippen molar-refractivity contribution < 1.29 is 0 Å². The standard InChI is InChI=1S/C16H33N3/c1-4-17-15-9-7-6-8-10-16(15)19-12-11-18(5-2)14(3)13-19/h14-17H,4-13H2,1-3H3. The molecule has 112 valence electrons. The Morgan fingerprint density at radius 3 is 2.53 bits per heavy atom. The molecule has 0 radical (unpaired) electrons. The molecule has 2 aliphatic rings. The minimum absolute atomic E-state index is 0.726. The van der Waals surface area contributed by atoms with Crippen LogP contribution in [-0.2, 0) is 0 Å². The molecule has 1 heterocycles. The van der Waals surface area contributed by atoms with Crippen LogP contribution in [0.1, 0.15) is 52.9 Å². The minimum atomic E-state index is 0.726. The van der Waals surface area contributed by atoms with Crippen LogP contribution in [0.5, 0.6) is 0 Å². The molecule has 0 aromatic heterocycles. The normalized spacial score (nSPS) is 35.2. The van der Waals surface area contributed by atoms with Gasteiger partial charge in [0.15, 0.2) is 0 Å². The summed E-state index contributed by atoms with van der Waals surface area (Å²) in [5.41, 5.74) is 0. The third-order valence-corrected chi connectivity index (χ3v) is 5.12. The highest BCUT2D eigenvalue weighted by molar-refractivity contribution is 4.90.